The van der Waals surface area contributed by atoms with Crippen LogP contribution in [0.1, 0.15) is 5.56 Å². The Morgan fingerprint density at radius 2 is 1.86 bits per heavy atom. The number of anilines is 3. The Morgan fingerprint density at radius 3 is 2.59 bits per heavy atom. The van der Waals surface area contributed by atoms with E-state index in [1.165, 1.54) is 12.1 Å². The number of rotatable bonds is 2. The Hall–Kier alpha value is -2.84. The lowest BCUT2D eigenvalue weighted by Gasteiger charge is -2.12. The average molecular weight is 312 g/mol. The Morgan fingerprint density at radius 1 is 1.09 bits per heavy atom. The van der Waals surface area contributed by atoms with Crippen molar-refractivity contribution in [1.82, 2.24) is 10.3 Å². The summed E-state index contributed by atoms with van der Waals surface area (Å²) in [5.41, 5.74) is 5.71. The molecule has 1 aromatic heterocycles. The molecular weight excluding hydrogens is 304 g/mol. The SMILES string of the molecule is Nc1c(Nc2cc(F)cc(C(F)(F)F)c2)ccc2nonc12. The fraction of sp³-hybridized carbons (Fsp3) is 0.0769. The highest BCUT2D eigenvalue weighted by atomic mass is 19.4. The number of benzene rings is 2. The lowest BCUT2D eigenvalue weighted by Crippen LogP contribution is -2.06. The minimum atomic E-state index is -4.65. The highest BCUT2D eigenvalue weighted by Crippen LogP contribution is 2.34. The van der Waals surface area contributed by atoms with Crippen LogP contribution in [-0.2, 0) is 6.18 Å². The monoisotopic (exact) mass is 312 g/mol. The van der Waals surface area contributed by atoms with E-state index in [1.54, 1.807) is 0 Å². The van der Waals surface area contributed by atoms with Gasteiger partial charge in [-0.1, -0.05) is 0 Å². The molecule has 5 nitrogen and oxygen atoms in total. The standard InChI is InChI=1S/C13H8F4N4O/c14-7-3-6(13(15,16)17)4-8(5-7)19-9-1-2-10-12(11(9)18)21-22-20-10/h1-5,19H,18H2. The van der Waals surface area contributed by atoms with Gasteiger partial charge in [-0.2, -0.15) is 13.2 Å². The minimum absolute atomic E-state index is 0.0881. The number of hydrogen-bond acceptors (Lipinski definition) is 5. The topological polar surface area (TPSA) is 77.0 Å². The Balaban J connectivity index is 2.01. The molecule has 0 aliphatic heterocycles. The van der Waals surface area contributed by atoms with E-state index in [4.69, 9.17) is 5.73 Å². The lowest BCUT2D eigenvalue weighted by molar-refractivity contribution is -0.137. The first-order chi connectivity index (χ1) is 10.3. The van der Waals surface area contributed by atoms with Gasteiger partial charge in [0.25, 0.3) is 0 Å². The largest absolute Gasteiger partial charge is 0.416 e. The molecule has 0 bridgehead atoms. The van der Waals surface area contributed by atoms with Gasteiger partial charge in [-0.25, -0.2) is 9.02 Å². The van der Waals surface area contributed by atoms with E-state index in [9.17, 15) is 17.6 Å². The molecule has 3 aromatic rings. The maximum atomic E-state index is 13.4. The molecule has 2 aromatic carbocycles. The van der Waals surface area contributed by atoms with Crippen LogP contribution in [0.5, 0.6) is 0 Å². The highest BCUT2D eigenvalue weighted by Gasteiger charge is 2.31. The molecular formula is C13H8F4N4O. The number of hydrogen-bond donors (Lipinski definition) is 2. The molecule has 0 atom stereocenters. The van der Waals surface area contributed by atoms with Crippen molar-refractivity contribution in [3.05, 3.63) is 41.7 Å². The third-order valence-corrected chi connectivity index (χ3v) is 2.97. The second-order valence-corrected chi connectivity index (χ2v) is 4.51. The third-order valence-electron chi connectivity index (χ3n) is 2.97. The molecule has 0 unspecified atom stereocenters. The van der Waals surface area contributed by atoms with Crippen molar-refractivity contribution in [1.29, 1.82) is 0 Å². The summed E-state index contributed by atoms with van der Waals surface area (Å²) in [6.45, 7) is 0. The van der Waals surface area contributed by atoms with Crippen LogP contribution in [-0.4, -0.2) is 10.3 Å². The van der Waals surface area contributed by atoms with Crippen LogP contribution in [0.3, 0.4) is 0 Å². The molecule has 22 heavy (non-hydrogen) atoms. The normalized spacial score (nSPS) is 11.8. The van der Waals surface area contributed by atoms with Gasteiger partial charge in [0.15, 0.2) is 5.52 Å². The summed E-state index contributed by atoms with van der Waals surface area (Å²) in [4.78, 5) is 0. The first-order valence-electron chi connectivity index (χ1n) is 6.00. The van der Waals surface area contributed by atoms with Crippen LogP contribution in [0.4, 0.5) is 34.6 Å². The van der Waals surface area contributed by atoms with Crippen LogP contribution in [0.25, 0.3) is 11.0 Å². The van der Waals surface area contributed by atoms with Crippen LogP contribution in [0, 0.1) is 5.82 Å². The summed E-state index contributed by atoms with van der Waals surface area (Å²) in [5, 5.41) is 9.81. The molecule has 114 valence electrons. The number of nitrogens with two attached hydrogens (primary N) is 1. The van der Waals surface area contributed by atoms with Gasteiger partial charge in [-0.05, 0) is 40.6 Å². The van der Waals surface area contributed by atoms with Crippen molar-refractivity contribution in [2.45, 2.75) is 6.18 Å². The molecule has 0 amide bonds. The molecule has 0 aliphatic carbocycles. The molecule has 9 heteroatoms. The van der Waals surface area contributed by atoms with Gasteiger partial charge in [0.05, 0.1) is 16.9 Å². The van der Waals surface area contributed by atoms with Gasteiger partial charge >= 0.3 is 6.18 Å². The van der Waals surface area contributed by atoms with Gasteiger partial charge in [0.1, 0.15) is 11.3 Å². The molecule has 0 spiro atoms. The summed E-state index contributed by atoms with van der Waals surface area (Å²) in [6, 6.07) is 5.14. The minimum Gasteiger partial charge on any atom is -0.395 e. The number of nitrogen functional groups attached to an aromatic ring is 1. The van der Waals surface area contributed by atoms with Gasteiger partial charge in [-0.15, -0.1) is 0 Å². The van der Waals surface area contributed by atoms with Crippen molar-refractivity contribution in [3.63, 3.8) is 0 Å². The van der Waals surface area contributed by atoms with E-state index in [1.807, 2.05) is 0 Å². The summed E-state index contributed by atoms with van der Waals surface area (Å²) < 4.78 is 55.9. The molecule has 0 saturated heterocycles. The van der Waals surface area contributed by atoms with Crippen molar-refractivity contribution in [2.75, 3.05) is 11.1 Å². The van der Waals surface area contributed by atoms with Gasteiger partial charge in [0, 0.05) is 5.69 Å². The summed E-state index contributed by atoms with van der Waals surface area (Å²) in [5.74, 6) is -1.01. The van der Waals surface area contributed by atoms with Gasteiger partial charge < -0.3 is 11.1 Å². The van der Waals surface area contributed by atoms with Crippen molar-refractivity contribution < 1.29 is 22.2 Å². The molecule has 0 fully saturated rings. The lowest BCUT2D eigenvalue weighted by atomic mass is 10.1. The first-order valence-corrected chi connectivity index (χ1v) is 6.00. The van der Waals surface area contributed by atoms with Gasteiger partial charge in [-0.3, -0.25) is 0 Å². The molecule has 0 radical (unpaired) electrons. The average Bonchev–Trinajstić information content (AvgIpc) is 2.89. The second-order valence-electron chi connectivity index (χ2n) is 4.51. The van der Waals surface area contributed by atoms with Crippen molar-refractivity contribution in [3.8, 4) is 0 Å². The molecule has 0 saturated carbocycles. The van der Waals surface area contributed by atoms with Crippen LogP contribution >= 0.6 is 0 Å². The molecule has 1 heterocycles. The Bertz CT molecular complexity index is 844. The fourth-order valence-electron chi connectivity index (χ4n) is 1.96. The number of nitrogens with one attached hydrogen (secondary N) is 1. The van der Waals surface area contributed by atoms with E-state index >= 15 is 0 Å². The summed E-state index contributed by atoms with van der Waals surface area (Å²) in [7, 11) is 0. The van der Waals surface area contributed by atoms with Crippen LogP contribution in [0.2, 0.25) is 0 Å². The van der Waals surface area contributed by atoms with Crippen molar-refractivity contribution >= 4 is 28.1 Å². The number of fused-ring (bicyclic) bond motifs is 1. The fourth-order valence-corrected chi connectivity index (χ4v) is 1.96. The smallest absolute Gasteiger partial charge is 0.395 e. The molecule has 3 rings (SSSR count). The predicted octanol–water partition coefficient (Wildman–Crippen LogP) is 3.71. The number of alkyl halides is 3. The van der Waals surface area contributed by atoms with E-state index in [0.717, 1.165) is 12.1 Å². The van der Waals surface area contributed by atoms with E-state index in [-0.39, 0.29) is 22.6 Å². The number of aromatic nitrogens is 2. The number of nitrogens with zero attached hydrogens (tertiary/aromatic N) is 2. The van der Waals surface area contributed by atoms with Crippen molar-refractivity contribution in [2.24, 2.45) is 0 Å². The maximum Gasteiger partial charge on any atom is 0.416 e. The zero-order chi connectivity index (χ0) is 15.9. The summed E-state index contributed by atoms with van der Waals surface area (Å²) in [6.07, 6.45) is -4.65. The second kappa shape index (κ2) is 4.86. The summed E-state index contributed by atoms with van der Waals surface area (Å²) >= 11 is 0. The zero-order valence-corrected chi connectivity index (χ0v) is 10.8. The van der Waals surface area contributed by atoms with Crippen LogP contribution in [0.15, 0.2) is 35.0 Å². The molecule has 3 N–H and O–H groups in total. The molecule has 0 aliphatic rings. The van der Waals surface area contributed by atoms with E-state index < -0.39 is 17.6 Å². The van der Waals surface area contributed by atoms with E-state index in [2.05, 4.69) is 20.3 Å². The quantitative estimate of drug-likeness (QED) is 0.557. The first kappa shape index (κ1) is 14.1. The predicted molar refractivity (Wildman–Crippen MR) is 70.9 cm³/mol. The van der Waals surface area contributed by atoms with Gasteiger partial charge in [0.2, 0.25) is 0 Å². The Kier molecular flexibility index (Phi) is 3.12. The zero-order valence-electron chi connectivity index (χ0n) is 10.8. The maximum absolute atomic E-state index is 13.4. The third kappa shape index (κ3) is 2.52. The highest BCUT2D eigenvalue weighted by molar-refractivity contribution is 5.94. The van der Waals surface area contributed by atoms with Crippen LogP contribution < -0.4 is 11.1 Å². The Labute approximate surface area is 120 Å². The van der Waals surface area contributed by atoms with E-state index in [0.29, 0.717) is 11.6 Å². The number of halogens is 4.